The van der Waals surface area contributed by atoms with Crippen molar-refractivity contribution in [3.8, 4) is 5.75 Å². The molecule has 2 N–H and O–H groups in total. The van der Waals surface area contributed by atoms with Gasteiger partial charge >= 0.3 is 0 Å². The Morgan fingerprint density at radius 3 is 2.93 bits per heavy atom. The highest BCUT2D eigenvalue weighted by Crippen LogP contribution is 2.50. The van der Waals surface area contributed by atoms with Gasteiger partial charge in [-0.25, -0.2) is 0 Å². The molecule has 0 radical (unpaired) electrons. The number of ether oxygens (including phenoxy) is 1. The lowest BCUT2D eigenvalue weighted by Gasteiger charge is -2.47. The van der Waals surface area contributed by atoms with Crippen LogP contribution in [0.3, 0.4) is 0 Å². The molecule has 1 unspecified atom stereocenters. The summed E-state index contributed by atoms with van der Waals surface area (Å²) in [5.74, 6) is 0.167. The van der Waals surface area contributed by atoms with Gasteiger partial charge in [-0.1, -0.05) is 35.3 Å². The number of benzene rings is 1. The number of aliphatic hydroxyl groups excluding tert-OH is 1. The lowest BCUT2D eigenvalue weighted by atomic mass is 9.81. The number of aromatic hydroxyl groups is 1. The van der Waals surface area contributed by atoms with Crippen LogP contribution in [0.1, 0.15) is 41.3 Å². The number of hydrogen-bond acceptors (Lipinski definition) is 5. The first-order chi connectivity index (χ1) is 12.9. The molecule has 2 aliphatic heterocycles. The van der Waals surface area contributed by atoms with Crippen molar-refractivity contribution in [1.82, 2.24) is 4.90 Å². The summed E-state index contributed by atoms with van der Waals surface area (Å²) in [5, 5.41) is 20.3. The van der Waals surface area contributed by atoms with E-state index < -0.39 is 0 Å². The molecule has 146 valence electrons. The summed E-state index contributed by atoms with van der Waals surface area (Å²) in [4.78, 5) is 3.55. The zero-order valence-corrected chi connectivity index (χ0v) is 17.5. The molecular formula is C20H23Cl2NO3S. The number of aliphatic hydroxyl groups is 1. The van der Waals surface area contributed by atoms with E-state index in [0.29, 0.717) is 22.5 Å². The summed E-state index contributed by atoms with van der Waals surface area (Å²) in [5.41, 5.74) is 2.59. The Morgan fingerprint density at radius 2 is 2.19 bits per heavy atom. The second kappa shape index (κ2) is 7.54. The van der Waals surface area contributed by atoms with Crippen molar-refractivity contribution in [1.29, 1.82) is 0 Å². The van der Waals surface area contributed by atoms with E-state index in [2.05, 4.69) is 11.8 Å². The Bertz CT molecular complexity index is 856. The molecule has 0 amide bonds. The van der Waals surface area contributed by atoms with Crippen molar-refractivity contribution < 1.29 is 14.9 Å². The first-order valence-corrected chi connectivity index (χ1v) is 10.8. The van der Waals surface area contributed by atoms with Gasteiger partial charge in [-0.15, -0.1) is 11.3 Å². The van der Waals surface area contributed by atoms with Gasteiger partial charge in [0.15, 0.2) is 0 Å². The fourth-order valence-electron chi connectivity index (χ4n) is 4.40. The van der Waals surface area contributed by atoms with Crippen molar-refractivity contribution in [3.63, 3.8) is 0 Å². The average molecular weight is 428 g/mol. The van der Waals surface area contributed by atoms with Crippen molar-refractivity contribution >= 4 is 34.5 Å². The van der Waals surface area contributed by atoms with Crippen molar-refractivity contribution in [3.05, 3.63) is 49.1 Å². The number of likely N-dealkylation sites (tertiary alicyclic amines) is 1. The van der Waals surface area contributed by atoms with Crippen LogP contribution in [0.15, 0.2) is 18.2 Å². The molecular weight excluding hydrogens is 405 g/mol. The van der Waals surface area contributed by atoms with Crippen LogP contribution in [0, 0.1) is 0 Å². The Kier molecular flexibility index (Phi) is 5.45. The molecule has 27 heavy (non-hydrogen) atoms. The third kappa shape index (κ3) is 3.39. The molecule has 2 aliphatic rings. The van der Waals surface area contributed by atoms with Gasteiger partial charge in [-0.05, 0) is 37.8 Å². The normalized spacial score (nSPS) is 25.7. The zero-order chi connectivity index (χ0) is 19.2. The molecule has 0 bridgehead atoms. The maximum atomic E-state index is 10.2. The summed E-state index contributed by atoms with van der Waals surface area (Å²) in [7, 11) is 0. The fraction of sp³-hybridized carbons (Fsp3) is 0.500. The largest absolute Gasteiger partial charge is 0.506 e. The second-order valence-corrected chi connectivity index (χ2v) is 9.46. The number of phenols is 1. The van der Waals surface area contributed by atoms with E-state index in [4.69, 9.17) is 27.9 Å². The number of hydrogen-bond donors (Lipinski definition) is 2. The maximum Gasteiger partial charge on any atom is 0.138 e. The number of thiophene rings is 1. The molecule has 0 saturated carbocycles. The number of halogens is 2. The summed E-state index contributed by atoms with van der Waals surface area (Å²) in [6.45, 7) is 4.35. The van der Waals surface area contributed by atoms with Gasteiger partial charge in [0.2, 0.25) is 0 Å². The maximum absolute atomic E-state index is 10.2. The smallest absolute Gasteiger partial charge is 0.138 e. The Balaban J connectivity index is 1.57. The molecule has 4 rings (SSSR count). The van der Waals surface area contributed by atoms with E-state index in [9.17, 15) is 10.2 Å². The first-order valence-electron chi connectivity index (χ1n) is 9.21. The molecule has 2 aromatic rings. The average Bonchev–Trinajstić information content (AvgIpc) is 2.98. The van der Waals surface area contributed by atoms with Crippen molar-refractivity contribution in [2.24, 2.45) is 0 Å². The lowest BCUT2D eigenvalue weighted by molar-refractivity contribution is -0.110. The lowest BCUT2D eigenvalue weighted by Crippen LogP contribution is -2.50. The van der Waals surface area contributed by atoms with E-state index in [1.54, 1.807) is 17.4 Å². The van der Waals surface area contributed by atoms with Gasteiger partial charge in [-0.2, -0.15) is 0 Å². The molecule has 0 aliphatic carbocycles. The Hall–Kier alpha value is -0.820. The van der Waals surface area contributed by atoms with Gasteiger partial charge in [0.05, 0.1) is 22.6 Å². The monoisotopic (exact) mass is 427 g/mol. The van der Waals surface area contributed by atoms with Crippen LogP contribution in [-0.2, 0) is 29.9 Å². The van der Waals surface area contributed by atoms with Crippen LogP contribution in [0.5, 0.6) is 5.75 Å². The van der Waals surface area contributed by atoms with Crippen LogP contribution in [-0.4, -0.2) is 34.3 Å². The minimum absolute atomic E-state index is 0.0174. The van der Waals surface area contributed by atoms with Crippen LogP contribution in [0.25, 0.3) is 0 Å². The van der Waals surface area contributed by atoms with E-state index in [1.807, 2.05) is 12.1 Å². The fourth-order valence-corrected chi connectivity index (χ4v) is 6.27. The van der Waals surface area contributed by atoms with Crippen LogP contribution in [0.2, 0.25) is 9.36 Å². The van der Waals surface area contributed by atoms with E-state index >= 15 is 0 Å². The van der Waals surface area contributed by atoms with Gasteiger partial charge < -0.3 is 14.9 Å². The van der Waals surface area contributed by atoms with Crippen molar-refractivity contribution in [2.45, 2.75) is 51.0 Å². The summed E-state index contributed by atoms with van der Waals surface area (Å²) < 4.78 is 7.02. The highest BCUT2D eigenvalue weighted by molar-refractivity contribution is 7.16. The molecule has 2 atom stereocenters. The molecule has 1 aromatic carbocycles. The highest BCUT2D eigenvalue weighted by Gasteiger charge is 2.45. The number of piperidine rings is 1. The SMILES string of the molecule is C[C@H]1CC2(CCN1Cc1cccc(Cl)c1O)OCCc1c2sc(Cl)c1CO. The standard InChI is InChI=1S/C20H23Cl2NO3S/c1-12-9-20(18-14(5-8-26-20)15(11-24)19(22)27-18)6-7-23(12)10-13-3-2-4-16(21)17(13)25/h2-4,12,24-25H,5-11H2,1H3/t12-,20?/m0/s1. The number of fused-ring (bicyclic) bond motifs is 2. The topological polar surface area (TPSA) is 52.9 Å². The quantitative estimate of drug-likeness (QED) is 0.744. The zero-order valence-electron chi connectivity index (χ0n) is 15.2. The van der Waals surface area contributed by atoms with E-state index in [-0.39, 0.29) is 24.0 Å². The third-order valence-electron chi connectivity index (χ3n) is 5.86. The predicted octanol–water partition coefficient (Wildman–Crippen LogP) is 4.71. The van der Waals surface area contributed by atoms with Crippen LogP contribution < -0.4 is 0 Å². The molecule has 1 spiro atoms. The molecule has 1 saturated heterocycles. The first kappa shape index (κ1) is 19.5. The van der Waals surface area contributed by atoms with Crippen molar-refractivity contribution in [2.75, 3.05) is 13.2 Å². The van der Waals surface area contributed by atoms with Gasteiger partial charge in [0, 0.05) is 35.1 Å². The summed E-state index contributed by atoms with van der Waals surface area (Å²) in [6.07, 6.45) is 2.54. The van der Waals surface area contributed by atoms with Gasteiger partial charge in [-0.3, -0.25) is 4.90 Å². The van der Waals surface area contributed by atoms with Gasteiger partial charge in [0.1, 0.15) is 11.4 Å². The van der Waals surface area contributed by atoms with Crippen LogP contribution in [0.4, 0.5) is 0 Å². The minimum Gasteiger partial charge on any atom is -0.506 e. The molecule has 1 aromatic heterocycles. The van der Waals surface area contributed by atoms with Crippen LogP contribution >= 0.6 is 34.5 Å². The predicted molar refractivity (Wildman–Crippen MR) is 109 cm³/mol. The number of phenolic OH excluding ortho intramolecular Hbond substituents is 1. The summed E-state index contributed by atoms with van der Waals surface area (Å²) in [6, 6.07) is 5.77. The highest BCUT2D eigenvalue weighted by atomic mass is 35.5. The minimum atomic E-state index is -0.318. The number of rotatable bonds is 3. The molecule has 1 fully saturated rings. The Labute approximate surface area is 173 Å². The molecule has 3 heterocycles. The van der Waals surface area contributed by atoms with E-state index in [0.717, 1.165) is 36.9 Å². The van der Waals surface area contributed by atoms with E-state index in [1.165, 1.54) is 10.4 Å². The van der Waals surface area contributed by atoms with Gasteiger partial charge in [0.25, 0.3) is 0 Å². The number of para-hydroxylation sites is 1. The third-order valence-corrected chi connectivity index (χ3v) is 7.88. The summed E-state index contributed by atoms with van der Waals surface area (Å²) >= 11 is 14.0. The number of nitrogens with zero attached hydrogens (tertiary/aromatic N) is 1. The Morgan fingerprint density at radius 1 is 1.37 bits per heavy atom. The second-order valence-electron chi connectivity index (χ2n) is 7.43. The molecule has 4 nitrogen and oxygen atoms in total. The molecule has 7 heteroatoms.